The number of benzene rings is 6. The molecule has 19 heteroatoms. The zero-order valence-electron chi connectivity index (χ0n) is 41.7. The highest BCUT2D eigenvalue weighted by Gasteiger charge is 2.53. The molecule has 5 N–H and O–H groups in total. The molecule has 6 aromatic carbocycles. The van der Waals surface area contributed by atoms with Crippen LogP contribution in [0.2, 0.25) is 0 Å². The number of anilines is 1. The monoisotopic (exact) mass is 1050 g/mol. The maximum atomic E-state index is 13.7. The van der Waals surface area contributed by atoms with E-state index in [4.69, 9.17) is 64.3 Å². The van der Waals surface area contributed by atoms with E-state index in [1.165, 1.54) is 21.3 Å². The minimum absolute atomic E-state index is 0.0432. The molecule has 1 unspecified atom stereocenters. The number of methoxy groups -OCH3 is 3. The fraction of sp³-hybridized carbons (Fsp3) is 0.281. The van der Waals surface area contributed by atoms with Crippen LogP contribution < -0.4 is 39.1 Å². The zero-order valence-corrected chi connectivity index (χ0v) is 42.5. The summed E-state index contributed by atoms with van der Waals surface area (Å²) in [6.45, 7) is 2.51. The number of nitrogens with one attached hydrogen (secondary N) is 2. The number of thiocarbonyl (C=S) groups is 1. The Morgan fingerprint density at radius 3 is 2.00 bits per heavy atom. The van der Waals surface area contributed by atoms with Gasteiger partial charge < -0.3 is 78.1 Å². The number of carbonyl (C=O) groups excluding carboxylic acids is 2. The van der Waals surface area contributed by atoms with Crippen molar-refractivity contribution in [3.8, 4) is 46.0 Å². The molecule has 0 saturated heterocycles. The molecule has 0 saturated carbocycles. The summed E-state index contributed by atoms with van der Waals surface area (Å²) < 4.78 is 63.2. The van der Waals surface area contributed by atoms with Crippen molar-refractivity contribution in [2.45, 2.75) is 24.2 Å². The molecule has 0 aromatic heterocycles. The lowest BCUT2D eigenvalue weighted by Gasteiger charge is -2.37. The van der Waals surface area contributed by atoms with Gasteiger partial charge in [0, 0.05) is 46.5 Å². The molecule has 0 fully saturated rings. The van der Waals surface area contributed by atoms with E-state index in [0.717, 1.165) is 22.3 Å². The minimum atomic E-state index is -2.13. The molecule has 76 heavy (non-hydrogen) atoms. The average molecular weight is 1060 g/mol. The maximum Gasteiger partial charge on any atom is 0.342 e. The number of fused-ring (bicyclic) bond motifs is 7. The van der Waals surface area contributed by atoms with Gasteiger partial charge in [-0.3, -0.25) is 0 Å². The van der Waals surface area contributed by atoms with Crippen molar-refractivity contribution in [3.05, 3.63) is 165 Å². The normalized spacial score (nSPS) is 16.4. The summed E-state index contributed by atoms with van der Waals surface area (Å²) in [5.74, 6) is -0.506. The van der Waals surface area contributed by atoms with E-state index in [9.17, 15) is 24.9 Å². The van der Waals surface area contributed by atoms with Gasteiger partial charge in [0.25, 0.3) is 5.79 Å². The summed E-state index contributed by atoms with van der Waals surface area (Å²) >= 11 is 5.53. The maximum absolute atomic E-state index is 13.7. The number of carbonyl (C=O) groups is 2. The molecular formula is C57H54N2O16S. The number of ether oxygens (including phenoxy) is 11. The van der Waals surface area contributed by atoms with Gasteiger partial charge in [-0.15, -0.1) is 0 Å². The lowest BCUT2D eigenvalue weighted by Crippen LogP contribution is -2.35. The highest BCUT2D eigenvalue weighted by Crippen LogP contribution is 2.54. The van der Waals surface area contributed by atoms with E-state index in [0.29, 0.717) is 119 Å². The summed E-state index contributed by atoms with van der Waals surface area (Å²) in [5, 5.41) is 39.4. The minimum Gasteiger partial charge on any atom is -0.508 e. The topological polar surface area (TPSA) is 220 Å². The van der Waals surface area contributed by atoms with E-state index >= 15 is 0 Å². The Kier molecular flexibility index (Phi) is 14.9. The Bertz CT molecular complexity index is 3180. The SMILES string of the molecule is COc1ccc(C2(O)OC(=O)C(c3ccc4c(c3)OCO4)=C2Cc2cc(OC)c(OC)c(OCCOCCOCCOCCNC(=S)Nc3ccc4c(c3)C(=O)OC43c4ccc(O)cc4Cc4cc(O)ccc43)c2)cc1. The third-order valence-electron chi connectivity index (χ3n) is 13.4. The fourth-order valence-electron chi connectivity index (χ4n) is 9.94. The number of aliphatic hydroxyl groups is 1. The second kappa shape index (κ2) is 22.0. The molecule has 0 radical (unpaired) electrons. The van der Waals surface area contributed by atoms with E-state index in [-0.39, 0.29) is 49.1 Å². The smallest absolute Gasteiger partial charge is 0.342 e. The van der Waals surface area contributed by atoms with Gasteiger partial charge in [0.2, 0.25) is 12.5 Å². The van der Waals surface area contributed by atoms with Crippen LogP contribution in [0.25, 0.3) is 5.57 Å². The molecule has 10 rings (SSSR count). The van der Waals surface area contributed by atoms with E-state index < -0.39 is 23.3 Å². The molecule has 1 atom stereocenters. The number of hydrogen-bond acceptors (Lipinski definition) is 17. The first kappa shape index (κ1) is 51.4. The van der Waals surface area contributed by atoms with Crippen LogP contribution in [0.5, 0.6) is 46.0 Å². The van der Waals surface area contributed by atoms with Crippen LogP contribution >= 0.6 is 12.2 Å². The Hall–Kier alpha value is -8.07. The lowest BCUT2D eigenvalue weighted by atomic mass is 9.71. The molecule has 1 aliphatic carbocycles. The Morgan fingerprint density at radius 1 is 0.658 bits per heavy atom. The number of rotatable bonds is 21. The van der Waals surface area contributed by atoms with Crippen LogP contribution in [-0.4, -0.2) is 113 Å². The predicted molar refractivity (Wildman–Crippen MR) is 279 cm³/mol. The summed E-state index contributed by atoms with van der Waals surface area (Å²) in [6.07, 6.45) is 0.500. The van der Waals surface area contributed by atoms with Gasteiger partial charge in [-0.1, -0.05) is 24.3 Å². The summed E-state index contributed by atoms with van der Waals surface area (Å²) in [6, 6.07) is 30.7. The van der Waals surface area contributed by atoms with Crippen molar-refractivity contribution < 1.29 is 77.0 Å². The molecule has 394 valence electrons. The van der Waals surface area contributed by atoms with Crippen LogP contribution in [0, 0.1) is 0 Å². The highest BCUT2D eigenvalue weighted by atomic mass is 32.1. The van der Waals surface area contributed by atoms with Crippen LogP contribution in [0.1, 0.15) is 54.9 Å². The summed E-state index contributed by atoms with van der Waals surface area (Å²) in [7, 11) is 4.54. The van der Waals surface area contributed by atoms with Crippen molar-refractivity contribution in [2.24, 2.45) is 0 Å². The highest BCUT2D eigenvalue weighted by molar-refractivity contribution is 7.80. The first-order chi connectivity index (χ1) is 36.9. The quantitative estimate of drug-likeness (QED) is 0.0277. The van der Waals surface area contributed by atoms with Crippen molar-refractivity contribution in [1.82, 2.24) is 5.32 Å². The van der Waals surface area contributed by atoms with Crippen LogP contribution in [0.4, 0.5) is 5.69 Å². The van der Waals surface area contributed by atoms with Crippen LogP contribution in [0.15, 0.2) is 115 Å². The molecule has 6 aromatic rings. The molecule has 18 nitrogen and oxygen atoms in total. The van der Waals surface area contributed by atoms with E-state index in [1.807, 2.05) is 12.1 Å². The number of cyclic esters (lactones) is 1. The van der Waals surface area contributed by atoms with Crippen LogP contribution in [0.3, 0.4) is 0 Å². The second-order valence-electron chi connectivity index (χ2n) is 17.9. The van der Waals surface area contributed by atoms with E-state index in [1.54, 1.807) is 97.1 Å². The van der Waals surface area contributed by atoms with Crippen molar-refractivity contribution >= 4 is 40.5 Å². The summed E-state index contributed by atoms with van der Waals surface area (Å²) in [5.41, 5.74) is 5.37. The standard InChI is InChI=1S/C57H54N2O16S/c1-65-41-10-5-37(6-11-41)57(64)46(51(54(63)75-57)34-4-15-47-48(30-34)73-32-72-47)24-33-25-49(66-2)52(67-3)50(26-33)71-23-22-70-21-20-69-19-18-68-17-16-58-55(76)59-38-7-12-45-42(31-38)53(62)74-56(45)43-13-8-39(60)28-35(43)27-36-29-40(61)9-14-44(36)56/h4-15,25-26,28-31,60-61,64H,16-24,27,32H2,1-3H3,(H2,58,59,76). The second-order valence-corrected chi connectivity index (χ2v) is 18.4. The number of aromatic hydroxyl groups is 2. The van der Waals surface area contributed by atoms with Gasteiger partial charge in [-0.05, 0) is 126 Å². The molecule has 0 amide bonds. The Labute approximate surface area is 442 Å². The van der Waals surface area contributed by atoms with Gasteiger partial charge in [0.15, 0.2) is 33.7 Å². The Balaban J connectivity index is 0.673. The first-order valence-electron chi connectivity index (χ1n) is 24.3. The lowest BCUT2D eigenvalue weighted by molar-refractivity contribution is -0.185. The van der Waals surface area contributed by atoms with Gasteiger partial charge >= 0.3 is 11.9 Å². The van der Waals surface area contributed by atoms with Crippen molar-refractivity contribution in [3.63, 3.8) is 0 Å². The van der Waals surface area contributed by atoms with Gasteiger partial charge in [0.1, 0.15) is 23.9 Å². The fourth-order valence-corrected chi connectivity index (χ4v) is 10.2. The first-order valence-corrected chi connectivity index (χ1v) is 24.8. The Morgan fingerprint density at radius 2 is 1.32 bits per heavy atom. The molecule has 4 aliphatic rings. The molecule has 0 bridgehead atoms. The van der Waals surface area contributed by atoms with Crippen LogP contribution in [-0.2, 0) is 52.7 Å². The third-order valence-corrected chi connectivity index (χ3v) is 13.6. The zero-order chi connectivity index (χ0) is 53.0. The van der Waals surface area contributed by atoms with Gasteiger partial charge in [0.05, 0.1) is 72.1 Å². The van der Waals surface area contributed by atoms with Gasteiger partial charge in [-0.25, -0.2) is 9.59 Å². The molecule has 3 heterocycles. The molecule has 3 aliphatic heterocycles. The van der Waals surface area contributed by atoms with Gasteiger partial charge in [-0.2, -0.15) is 0 Å². The number of phenols is 2. The number of esters is 2. The summed E-state index contributed by atoms with van der Waals surface area (Å²) in [4.78, 5) is 27.3. The number of hydrogen-bond donors (Lipinski definition) is 5. The third kappa shape index (κ3) is 10.1. The predicted octanol–water partition coefficient (Wildman–Crippen LogP) is 7.03. The van der Waals surface area contributed by atoms with Crippen molar-refractivity contribution in [2.75, 3.05) is 86.2 Å². The number of phenolic OH excluding ortho intramolecular Hbond substituents is 2. The molecule has 1 spiro atoms. The molecular weight excluding hydrogens is 1000 g/mol. The largest absolute Gasteiger partial charge is 0.508 e. The van der Waals surface area contributed by atoms with Crippen molar-refractivity contribution in [1.29, 1.82) is 0 Å². The van der Waals surface area contributed by atoms with E-state index in [2.05, 4.69) is 10.6 Å². The average Bonchev–Trinajstić information content (AvgIpc) is 4.08.